The van der Waals surface area contributed by atoms with Gasteiger partial charge in [0.15, 0.2) is 0 Å². The molecule has 0 bridgehead atoms. The van der Waals surface area contributed by atoms with Crippen molar-refractivity contribution < 1.29 is 14.3 Å². The second kappa shape index (κ2) is 8.04. The third-order valence-corrected chi connectivity index (χ3v) is 5.61. The van der Waals surface area contributed by atoms with Crippen LogP contribution in [0.25, 0.3) is 0 Å². The summed E-state index contributed by atoms with van der Waals surface area (Å²) in [5.41, 5.74) is 1.29. The number of aromatic nitrogens is 2. The molecule has 7 heteroatoms. The number of carbonyl (C=O) groups is 2. The molecule has 28 heavy (non-hydrogen) atoms. The fourth-order valence-electron chi connectivity index (χ4n) is 3.98. The highest BCUT2D eigenvalue weighted by molar-refractivity contribution is 5.94. The first kappa shape index (κ1) is 18.5. The maximum Gasteiger partial charge on any atom is 0.272 e. The monoisotopic (exact) mass is 382 g/mol. The molecule has 2 aliphatic heterocycles. The van der Waals surface area contributed by atoms with Gasteiger partial charge in [0.2, 0.25) is 0 Å². The second-order valence-corrected chi connectivity index (χ2v) is 7.52. The first-order chi connectivity index (χ1) is 13.6. The van der Waals surface area contributed by atoms with Crippen LogP contribution in [-0.2, 0) is 7.05 Å². The molecule has 1 aromatic carbocycles. The van der Waals surface area contributed by atoms with Crippen molar-refractivity contribution in [3.8, 4) is 5.75 Å². The van der Waals surface area contributed by atoms with Crippen molar-refractivity contribution in [3.05, 3.63) is 48.0 Å². The molecule has 2 saturated heterocycles. The number of benzene rings is 1. The average Bonchev–Trinajstić information content (AvgIpc) is 3.47. The van der Waals surface area contributed by atoms with E-state index in [4.69, 9.17) is 4.74 Å². The summed E-state index contributed by atoms with van der Waals surface area (Å²) in [6, 6.07) is 7.37. The summed E-state index contributed by atoms with van der Waals surface area (Å²) in [5.74, 6) is 0.809. The Morgan fingerprint density at radius 1 is 1.07 bits per heavy atom. The van der Waals surface area contributed by atoms with E-state index in [0.717, 1.165) is 51.1 Å². The summed E-state index contributed by atoms with van der Waals surface area (Å²) in [7, 11) is 1.83. The molecule has 2 fully saturated rings. The molecule has 0 aliphatic carbocycles. The predicted octanol–water partition coefficient (Wildman–Crippen LogP) is 2.34. The lowest BCUT2D eigenvalue weighted by Crippen LogP contribution is -2.39. The zero-order valence-corrected chi connectivity index (χ0v) is 16.2. The van der Waals surface area contributed by atoms with E-state index in [1.807, 2.05) is 41.1 Å². The van der Waals surface area contributed by atoms with E-state index in [-0.39, 0.29) is 17.9 Å². The van der Waals surface area contributed by atoms with Gasteiger partial charge in [-0.3, -0.25) is 9.59 Å². The van der Waals surface area contributed by atoms with Gasteiger partial charge in [0.1, 0.15) is 18.1 Å². The molecule has 2 amide bonds. The van der Waals surface area contributed by atoms with Crippen LogP contribution in [0.15, 0.2) is 36.8 Å². The summed E-state index contributed by atoms with van der Waals surface area (Å²) < 4.78 is 7.68. The fourth-order valence-corrected chi connectivity index (χ4v) is 3.98. The molecule has 0 N–H and O–H groups in total. The number of rotatable bonds is 5. The highest BCUT2D eigenvalue weighted by Gasteiger charge is 2.31. The Labute approximate surface area is 164 Å². The number of likely N-dealkylation sites (tertiary alicyclic amines) is 2. The molecule has 7 nitrogen and oxygen atoms in total. The number of hydrogen-bond acceptors (Lipinski definition) is 4. The van der Waals surface area contributed by atoms with Crippen LogP contribution in [0.5, 0.6) is 5.75 Å². The van der Waals surface area contributed by atoms with Gasteiger partial charge in [-0.2, -0.15) is 0 Å². The molecule has 0 saturated carbocycles. The van der Waals surface area contributed by atoms with E-state index in [2.05, 4.69) is 4.98 Å². The summed E-state index contributed by atoms with van der Waals surface area (Å²) in [4.78, 5) is 33.0. The Bertz CT molecular complexity index is 840. The van der Waals surface area contributed by atoms with Gasteiger partial charge in [-0.25, -0.2) is 4.98 Å². The van der Waals surface area contributed by atoms with E-state index < -0.39 is 0 Å². The van der Waals surface area contributed by atoms with Crippen LogP contribution in [0, 0.1) is 0 Å². The maximum absolute atomic E-state index is 12.8. The number of aryl methyl sites for hydroxylation is 1. The van der Waals surface area contributed by atoms with Gasteiger partial charge >= 0.3 is 0 Å². The maximum atomic E-state index is 12.8. The van der Waals surface area contributed by atoms with Crippen LogP contribution in [0.2, 0.25) is 0 Å². The first-order valence-electron chi connectivity index (χ1n) is 9.93. The number of carbonyl (C=O) groups excluding carboxylic acids is 2. The minimum absolute atomic E-state index is 0.00217. The number of hydrogen-bond donors (Lipinski definition) is 0. The van der Waals surface area contributed by atoms with Gasteiger partial charge in [-0.1, -0.05) is 0 Å². The molecule has 0 spiro atoms. The molecule has 1 atom stereocenters. The van der Waals surface area contributed by atoms with Crippen molar-refractivity contribution in [2.45, 2.75) is 31.7 Å². The normalized spacial score (nSPS) is 19.2. The van der Waals surface area contributed by atoms with Crippen LogP contribution in [0.4, 0.5) is 0 Å². The van der Waals surface area contributed by atoms with Crippen LogP contribution < -0.4 is 4.74 Å². The van der Waals surface area contributed by atoms with E-state index in [1.165, 1.54) is 0 Å². The van der Waals surface area contributed by atoms with Gasteiger partial charge in [-0.15, -0.1) is 0 Å². The third kappa shape index (κ3) is 3.74. The van der Waals surface area contributed by atoms with Gasteiger partial charge < -0.3 is 19.1 Å². The highest BCUT2D eigenvalue weighted by atomic mass is 16.5. The summed E-state index contributed by atoms with van der Waals surface area (Å²) in [6.45, 7) is 2.88. The Morgan fingerprint density at radius 2 is 1.82 bits per heavy atom. The second-order valence-electron chi connectivity index (χ2n) is 7.52. The zero-order valence-electron chi connectivity index (χ0n) is 16.2. The van der Waals surface area contributed by atoms with Crippen molar-refractivity contribution in [3.63, 3.8) is 0 Å². The molecule has 2 aliphatic rings. The van der Waals surface area contributed by atoms with E-state index in [0.29, 0.717) is 17.9 Å². The topological polar surface area (TPSA) is 67.7 Å². The van der Waals surface area contributed by atoms with Gasteiger partial charge in [0, 0.05) is 32.2 Å². The lowest BCUT2D eigenvalue weighted by atomic mass is 10.2. The number of ether oxygens (including phenoxy) is 1. The minimum Gasteiger partial charge on any atom is -0.491 e. The Morgan fingerprint density at radius 3 is 2.50 bits per heavy atom. The lowest BCUT2D eigenvalue weighted by molar-refractivity contribution is 0.0681. The van der Waals surface area contributed by atoms with Gasteiger partial charge in [0.25, 0.3) is 11.8 Å². The van der Waals surface area contributed by atoms with Gasteiger partial charge in [-0.05, 0) is 49.9 Å². The molecule has 0 radical (unpaired) electrons. The standard InChI is InChI=1S/C21H26N4O3/c1-23-15-22-13-19(23)21(27)25-12-4-5-17(25)14-28-18-8-6-16(7-9-18)20(26)24-10-2-3-11-24/h6-9,13,15,17H,2-5,10-12,14H2,1H3. The minimum atomic E-state index is -0.00217. The number of nitrogens with zero attached hydrogens (tertiary/aromatic N) is 4. The molecular weight excluding hydrogens is 356 g/mol. The van der Waals surface area contributed by atoms with Crippen LogP contribution >= 0.6 is 0 Å². The first-order valence-corrected chi connectivity index (χ1v) is 9.93. The summed E-state index contributed by atoms with van der Waals surface area (Å²) in [6.07, 6.45) is 7.31. The predicted molar refractivity (Wildman–Crippen MR) is 104 cm³/mol. The molecule has 3 heterocycles. The van der Waals surface area contributed by atoms with Crippen molar-refractivity contribution >= 4 is 11.8 Å². The molecule has 4 rings (SSSR count). The SMILES string of the molecule is Cn1cncc1C(=O)N1CCCC1COc1ccc(C(=O)N2CCCC2)cc1. The summed E-state index contributed by atoms with van der Waals surface area (Å²) >= 11 is 0. The number of imidazole rings is 1. The zero-order chi connectivity index (χ0) is 19.5. The van der Waals surface area contributed by atoms with Crippen molar-refractivity contribution in [1.29, 1.82) is 0 Å². The van der Waals surface area contributed by atoms with Gasteiger partial charge in [0.05, 0.1) is 18.6 Å². The largest absolute Gasteiger partial charge is 0.491 e. The quantitative estimate of drug-likeness (QED) is 0.796. The molecular formula is C21H26N4O3. The average molecular weight is 382 g/mol. The number of amides is 2. The molecule has 148 valence electrons. The van der Waals surface area contributed by atoms with Crippen LogP contribution in [0.3, 0.4) is 0 Å². The van der Waals surface area contributed by atoms with Crippen LogP contribution in [0.1, 0.15) is 46.5 Å². The Balaban J connectivity index is 1.35. The molecule has 1 unspecified atom stereocenters. The molecule has 1 aromatic heterocycles. The smallest absolute Gasteiger partial charge is 0.272 e. The lowest BCUT2D eigenvalue weighted by Gasteiger charge is -2.25. The van der Waals surface area contributed by atoms with E-state index in [9.17, 15) is 9.59 Å². The third-order valence-electron chi connectivity index (χ3n) is 5.61. The fraction of sp³-hybridized carbons (Fsp3) is 0.476. The van der Waals surface area contributed by atoms with Crippen LogP contribution in [-0.4, -0.2) is 63.4 Å². The van der Waals surface area contributed by atoms with Crippen molar-refractivity contribution in [2.75, 3.05) is 26.2 Å². The summed E-state index contributed by atoms with van der Waals surface area (Å²) in [5, 5.41) is 0. The van der Waals surface area contributed by atoms with Crippen molar-refractivity contribution in [1.82, 2.24) is 19.4 Å². The van der Waals surface area contributed by atoms with Crippen molar-refractivity contribution in [2.24, 2.45) is 7.05 Å². The van der Waals surface area contributed by atoms with E-state index in [1.54, 1.807) is 17.1 Å². The van der Waals surface area contributed by atoms with E-state index >= 15 is 0 Å². The Hall–Kier alpha value is -2.83. The highest BCUT2D eigenvalue weighted by Crippen LogP contribution is 2.22. The Kier molecular flexibility index (Phi) is 5.32. The molecule has 2 aromatic rings.